The molecule has 10 heteroatoms. The number of alkyl halides is 3. The Hall–Kier alpha value is -2.46. The molecule has 0 aliphatic rings. The van der Waals surface area contributed by atoms with E-state index < -0.39 is 47.7 Å². The number of aliphatic hydroxyl groups excluding tert-OH is 2. The first kappa shape index (κ1) is 19.9. The standard InChI is InChI=1S/C16H13F6NO3/c17-11-2-1-10(5-14(11)23-6-9(25)7-24)26-15-12(18)3-8(4-13(15)19)16(20,21)22/h1-5,9,23-25H,6-7H2. The molecule has 1 atom stereocenters. The minimum absolute atomic E-state index is 0.0820. The molecule has 26 heavy (non-hydrogen) atoms. The van der Waals surface area contributed by atoms with Gasteiger partial charge in [-0.05, 0) is 24.3 Å². The first-order valence-corrected chi connectivity index (χ1v) is 7.18. The van der Waals surface area contributed by atoms with Gasteiger partial charge in [0, 0.05) is 12.6 Å². The van der Waals surface area contributed by atoms with Crippen molar-refractivity contribution in [1.29, 1.82) is 0 Å². The highest BCUT2D eigenvalue weighted by Gasteiger charge is 2.33. The molecular weight excluding hydrogens is 368 g/mol. The van der Waals surface area contributed by atoms with Crippen molar-refractivity contribution in [3.63, 3.8) is 0 Å². The monoisotopic (exact) mass is 381 g/mol. The Morgan fingerprint density at radius 3 is 2.15 bits per heavy atom. The van der Waals surface area contributed by atoms with Gasteiger partial charge in [-0.25, -0.2) is 13.2 Å². The van der Waals surface area contributed by atoms with E-state index in [4.69, 9.17) is 9.84 Å². The van der Waals surface area contributed by atoms with Crippen LogP contribution in [0.1, 0.15) is 5.56 Å². The fourth-order valence-electron chi connectivity index (χ4n) is 1.93. The van der Waals surface area contributed by atoms with Crippen molar-refractivity contribution in [2.45, 2.75) is 12.3 Å². The molecule has 0 fully saturated rings. The van der Waals surface area contributed by atoms with Gasteiger partial charge in [0.2, 0.25) is 0 Å². The summed E-state index contributed by atoms with van der Waals surface area (Å²) in [5.74, 6) is -5.27. The Kier molecular flexibility index (Phi) is 5.98. The molecule has 0 radical (unpaired) electrons. The number of rotatable bonds is 6. The molecule has 1 unspecified atom stereocenters. The minimum Gasteiger partial charge on any atom is -0.451 e. The molecule has 0 spiro atoms. The van der Waals surface area contributed by atoms with Crippen molar-refractivity contribution < 1.29 is 41.3 Å². The van der Waals surface area contributed by atoms with Gasteiger partial charge in [-0.15, -0.1) is 0 Å². The lowest BCUT2D eigenvalue weighted by molar-refractivity contribution is -0.138. The lowest BCUT2D eigenvalue weighted by Crippen LogP contribution is -2.23. The van der Waals surface area contributed by atoms with Gasteiger partial charge in [-0.3, -0.25) is 0 Å². The number of anilines is 1. The maximum Gasteiger partial charge on any atom is 0.416 e. The predicted molar refractivity (Wildman–Crippen MR) is 79.4 cm³/mol. The third kappa shape index (κ3) is 4.79. The van der Waals surface area contributed by atoms with E-state index in [0.717, 1.165) is 18.2 Å². The third-order valence-corrected chi connectivity index (χ3v) is 3.22. The van der Waals surface area contributed by atoms with Crippen molar-refractivity contribution >= 4 is 5.69 Å². The lowest BCUT2D eigenvalue weighted by Gasteiger charge is -2.14. The molecule has 2 aromatic carbocycles. The topological polar surface area (TPSA) is 61.7 Å². The Morgan fingerprint density at radius 1 is 1.00 bits per heavy atom. The van der Waals surface area contributed by atoms with E-state index in [2.05, 4.69) is 5.32 Å². The van der Waals surface area contributed by atoms with Crippen LogP contribution >= 0.6 is 0 Å². The fraction of sp³-hybridized carbons (Fsp3) is 0.250. The Balaban J connectivity index is 2.26. The van der Waals surface area contributed by atoms with E-state index in [9.17, 15) is 31.4 Å². The van der Waals surface area contributed by atoms with Crippen molar-refractivity contribution in [3.05, 3.63) is 53.3 Å². The molecule has 0 saturated heterocycles. The smallest absolute Gasteiger partial charge is 0.416 e. The van der Waals surface area contributed by atoms with Crippen molar-refractivity contribution in [3.8, 4) is 11.5 Å². The third-order valence-electron chi connectivity index (χ3n) is 3.22. The SMILES string of the molecule is OCC(O)CNc1cc(Oc2c(F)cc(C(F)(F)F)cc2F)ccc1F. The van der Waals surface area contributed by atoms with Gasteiger partial charge in [0.25, 0.3) is 0 Å². The van der Waals surface area contributed by atoms with Crippen LogP contribution in [0.4, 0.5) is 32.0 Å². The Labute approximate surface area is 143 Å². The molecule has 0 aliphatic carbocycles. The highest BCUT2D eigenvalue weighted by Crippen LogP contribution is 2.36. The van der Waals surface area contributed by atoms with E-state index in [1.165, 1.54) is 0 Å². The number of halogens is 6. The molecule has 4 nitrogen and oxygen atoms in total. The molecular formula is C16H13F6NO3. The number of hydrogen-bond acceptors (Lipinski definition) is 4. The zero-order valence-corrected chi connectivity index (χ0v) is 12.9. The highest BCUT2D eigenvalue weighted by atomic mass is 19.4. The minimum atomic E-state index is -4.93. The van der Waals surface area contributed by atoms with Gasteiger partial charge in [-0.1, -0.05) is 0 Å². The molecule has 2 aromatic rings. The van der Waals surface area contributed by atoms with E-state index in [-0.39, 0.29) is 30.1 Å². The van der Waals surface area contributed by atoms with Crippen LogP contribution in [0.25, 0.3) is 0 Å². The van der Waals surface area contributed by atoms with Crippen LogP contribution in [0, 0.1) is 17.5 Å². The first-order chi connectivity index (χ1) is 12.1. The summed E-state index contributed by atoms with van der Waals surface area (Å²) in [6, 6.07) is 3.07. The summed E-state index contributed by atoms with van der Waals surface area (Å²) >= 11 is 0. The van der Waals surface area contributed by atoms with E-state index in [1.54, 1.807) is 0 Å². The van der Waals surface area contributed by atoms with Crippen LogP contribution < -0.4 is 10.1 Å². The molecule has 0 saturated carbocycles. The quantitative estimate of drug-likeness (QED) is 0.668. The molecule has 2 rings (SSSR count). The second-order valence-electron chi connectivity index (χ2n) is 5.23. The second kappa shape index (κ2) is 7.83. The largest absolute Gasteiger partial charge is 0.451 e. The Morgan fingerprint density at radius 2 is 1.62 bits per heavy atom. The molecule has 0 aromatic heterocycles. The Bertz CT molecular complexity index is 758. The zero-order valence-electron chi connectivity index (χ0n) is 12.9. The van der Waals surface area contributed by atoms with E-state index in [0.29, 0.717) is 0 Å². The second-order valence-corrected chi connectivity index (χ2v) is 5.23. The number of ether oxygens (including phenoxy) is 1. The van der Waals surface area contributed by atoms with Crippen LogP contribution in [-0.4, -0.2) is 29.5 Å². The van der Waals surface area contributed by atoms with Crippen molar-refractivity contribution in [2.24, 2.45) is 0 Å². The van der Waals surface area contributed by atoms with Gasteiger partial charge in [-0.2, -0.15) is 13.2 Å². The summed E-state index contributed by atoms with van der Waals surface area (Å²) in [7, 11) is 0. The van der Waals surface area contributed by atoms with E-state index >= 15 is 0 Å². The molecule has 3 N–H and O–H groups in total. The molecule has 0 bridgehead atoms. The van der Waals surface area contributed by atoms with Crippen LogP contribution in [0.2, 0.25) is 0 Å². The summed E-state index contributed by atoms with van der Waals surface area (Å²) in [6.45, 7) is -0.799. The normalized spacial score (nSPS) is 12.8. The van der Waals surface area contributed by atoms with Crippen molar-refractivity contribution in [2.75, 3.05) is 18.5 Å². The van der Waals surface area contributed by atoms with Crippen molar-refractivity contribution in [1.82, 2.24) is 0 Å². The van der Waals surface area contributed by atoms with Gasteiger partial charge in [0.05, 0.1) is 24.0 Å². The summed E-state index contributed by atoms with van der Waals surface area (Å²) in [4.78, 5) is 0. The molecule has 0 heterocycles. The van der Waals surface area contributed by atoms with E-state index in [1.807, 2.05) is 0 Å². The van der Waals surface area contributed by atoms with Crippen LogP contribution in [0.15, 0.2) is 30.3 Å². The maximum atomic E-state index is 13.8. The average molecular weight is 381 g/mol. The van der Waals surface area contributed by atoms with Gasteiger partial charge < -0.3 is 20.3 Å². The van der Waals surface area contributed by atoms with Crippen LogP contribution in [0.5, 0.6) is 11.5 Å². The van der Waals surface area contributed by atoms with Crippen LogP contribution in [0.3, 0.4) is 0 Å². The molecule has 0 amide bonds. The highest BCUT2D eigenvalue weighted by molar-refractivity contribution is 5.51. The number of benzene rings is 2. The summed E-state index contributed by atoms with van der Waals surface area (Å²) in [6.07, 6.45) is -6.11. The number of hydrogen-bond donors (Lipinski definition) is 3. The first-order valence-electron chi connectivity index (χ1n) is 7.18. The fourth-order valence-corrected chi connectivity index (χ4v) is 1.93. The molecule has 0 aliphatic heterocycles. The van der Waals surface area contributed by atoms with Gasteiger partial charge in [0.1, 0.15) is 11.6 Å². The molecule has 142 valence electrons. The number of aliphatic hydroxyl groups is 2. The number of nitrogens with one attached hydrogen (secondary N) is 1. The maximum absolute atomic E-state index is 13.8. The van der Waals surface area contributed by atoms with Gasteiger partial charge in [0.15, 0.2) is 17.4 Å². The lowest BCUT2D eigenvalue weighted by atomic mass is 10.2. The van der Waals surface area contributed by atoms with Gasteiger partial charge >= 0.3 is 6.18 Å². The summed E-state index contributed by atoms with van der Waals surface area (Å²) in [5.41, 5.74) is -1.72. The average Bonchev–Trinajstić information content (AvgIpc) is 2.56. The van der Waals surface area contributed by atoms with Crippen LogP contribution in [-0.2, 0) is 6.18 Å². The summed E-state index contributed by atoms with van der Waals surface area (Å²) < 4.78 is 83.7. The zero-order chi connectivity index (χ0) is 19.5. The predicted octanol–water partition coefficient (Wildman–Crippen LogP) is 3.68. The summed E-state index contributed by atoms with van der Waals surface area (Å²) in [5, 5.41) is 20.4.